The lowest BCUT2D eigenvalue weighted by atomic mass is 10.1. The minimum Gasteiger partial charge on any atom is -0.379 e. The Morgan fingerprint density at radius 1 is 1.11 bits per heavy atom. The third-order valence-electron chi connectivity index (χ3n) is 3.65. The number of rotatable bonds is 3. The van der Waals surface area contributed by atoms with Crippen LogP contribution in [0.5, 0.6) is 0 Å². The topological polar surface area (TPSA) is 28.6 Å². The molecule has 0 bridgehead atoms. The molecule has 2 aliphatic rings. The summed E-state index contributed by atoms with van der Waals surface area (Å²) >= 11 is 1.87. The van der Waals surface area contributed by atoms with Crippen molar-refractivity contribution in [3.8, 4) is 0 Å². The zero-order valence-corrected chi connectivity index (χ0v) is 11.6. The van der Waals surface area contributed by atoms with E-state index in [4.69, 9.17) is 4.74 Å². The number of hydrogen-bond acceptors (Lipinski definition) is 5. The van der Waals surface area contributed by atoms with Crippen molar-refractivity contribution in [2.75, 3.05) is 44.3 Å². The highest BCUT2D eigenvalue weighted by atomic mass is 32.1. The van der Waals surface area contributed by atoms with E-state index in [0.717, 1.165) is 32.8 Å². The minimum atomic E-state index is 0.873. The van der Waals surface area contributed by atoms with Crippen LogP contribution in [0.15, 0.2) is 6.20 Å². The van der Waals surface area contributed by atoms with Crippen molar-refractivity contribution in [1.82, 2.24) is 9.88 Å². The number of ether oxygens (including phenoxy) is 1. The molecule has 2 saturated heterocycles. The lowest BCUT2D eigenvalue weighted by Crippen LogP contribution is -2.35. The zero-order chi connectivity index (χ0) is 12.2. The van der Waals surface area contributed by atoms with Gasteiger partial charge in [0.15, 0.2) is 5.13 Å². The summed E-state index contributed by atoms with van der Waals surface area (Å²) in [4.78, 5) is 10.9. The number of thiazole rings is 1. The van der Waals surface area contributed by atoms with Crippen LogP contribution in [0.3, 0.4) is 0 Å². The van der Waals surface area contributed by atoms with Crippen molar-refractivity contribution in [2.45, 2.75) is 25.8 Å². The van der Waals surface area contributed by atoms with Gasteiger partial charge < -0.3 is 9.64 Å². The van der Waals surface area contributed by atoms with Crippen LogP contribution in [0.2, 0.25) is 0 Å². The molecular formula is C13H21N3OS. The number of morpholine rings is 1. The fourth-order valence-electron chi connectivity index (χ4n) is 2.58. The average Bonchev–Trinajstić information content (AvgIpc) is 2.89. The first-order chi connectivity index (χ1) is 8.92. The van der Waals surface area contributed by atoms with Crippen molar-refractivity contribution in [1.29, 1.82) is 0 Å². The molecule has 5 heteroatoms. The van der Waals surface area contributed by atoms with E-state index in [0.29, 0.717) is 0 Å². The highest BCUT2D eigenvalue weighted by Crippen LogP contribution is 2.26. The van der Waals surface area contributed by atoms with Crippen LogP contribution in [-0.2, 0) is 11.3 Å². The molecule has 3 rings (SSSR count). The molecular weight excluding hydrogens is 246 g/mol. The van der Waals surface area contributed by atoms with Gasteiger partial charge in [0.1, 0.15) is 0 Å². The number of nitrogens with zero attached hydrogens (tertiary/aromatic N) is 3. The van der Waals surface area contributed by atoms with Gasteiger partial charge in [0.25, 0.3) is 0 Å². The van der Waals surface area contributed by atoms with Crippen LogP contribution in [0, 0.1) is 0 Å². The molecule has 0 radical (unpaired) electrons. The molecule has 2 fully saturated rings. The average molecular weight is 267 g/mol. The third kappa shape index (κ3) is 3.02. The summed E-state index contributed by atoms with van der Waals surface area (Å²) < 4.78 is 5.38. The van der Waals surface area contributed by atoms with E-state index in [2.05, 4.69) is 21.0 Å². The maximum absolute atomic E-state index is 5.38. The third-order valence-corrected chi connectivity index (χ3v) is 4.69. The normalized spacial score (nSPS) is 22.3. The van der Waals surface area contributed by atoms with E-state index in [1.54, 1.807) is 0 Å². The van der Waals surface area contributed by atoms with Crippen LogP contribution in [0.25, 0.3) is 0 Å². The largest absolute Gasteiger partial charge is 0.379 e. The SMILES string of the molecule is c1nc(N2CCCCC2)sc1CN1CCOCC1. The Balaban J connectivity index is 1.58. The van der Waals surface area contributed by atoms with E-state index < -0.39 is 0 Å². The van der Waals surface area contributed by atoms with Crippen LogP contribution in [-0.4, -0.2) is 49.3 Å². The fourth-order valence-corrected chi connectivity index (χ4v) is 3.59. The molecule has 1 aromatic heterocycles. The van der Waals surface area contributed by atoms with Crippen molar-refractivity contribution in [3.63, 3.8) is 0 Å². The van der Waals surface area contributed by atoms with E-state index in [1.807, 2.05) is 11.3 Å². The van der Waals surface area contributed by atoms with Crippen LogP contribution in [0.4, 0.5) is 5.13 Å². The van der Waals surface area contributed by atoms with E-state index >= 15 is 0 Å². The lowest BCUT2D eigenvalue weighted by Gasteiger charge is -2.26. The smallest absolute Gasteiger partial charge is 0.185 e. The molecule has 3 heterocycles. The van der Waals surface area contributed by atoms with E-state index in [-0.39, 0.29) is 0 Å². The molecule has 2 aliphatic heterocycles. The summed E-state index contributed by atoms with van der Waals surface area (Å²) in [5.74, 6) is 0. The van der Waals surface area contributed by atoms with Gasteiger partial charge in [-0.2, -0.15) is 0 Å². The van der Waals surface area contributed by atoms with Crippen molar-refractivity contribution >= 4 is 16.5 Å². The number of hydrogen-bond donors (Lipinski definition) is 0. The first-order valence-corrected chi connectivity index (χ1v) is 7.73. The second-order valence-electron chi connectivity index (χ2n) is 5.05. The Kier molecular flexibility index (Phi) is 4.13. The summed E-state index contributed by atoms with van der Waals surface area (Å²) in [7, 11) is 0. The summed E-state index contributed by atoms with van der Waals surface area (Å²) in [6, 6.07) is 0. The summed E-state index contributed by atoms with van der Waals surface area (Å²) in [6.07, 6.45) is 6.07. The molecule has 4 nitrogen and oxygen atoms in total. The number of piperidine rings is 1. The van der Waals surface area contributed by atoms with Gasteiger partial charge in [-0.05, 0) is 19.3 Å². The molecule has 0 spiro atoms. The van der Waals surface area contributed by atoms with Gasteiger partial charge in [-0.3, -0.25) is 4.90 Å². The van der Waals surface area contributed by atoms with Gasteiger partial charge in [-0.15, -0.1) is 11.3 Å². The molecule has 18 heavy (non-hydrogen) atoms. The first-order valence-electron chi connectivity index (χ1n) is 6.91. The summed E-state index contributed by atoms with van der Waals surface area (Å²) in [5.41, 5.74) is 0. The first kappa shape index (κ1) is 12.4. The van der Waals surface area contributed by atoms with E-state index in [9.17, 15) is 0 Å². The second kappa shape index (κ2) is 5.99. The second-order valence-corrected chi connectivity index (χ2v) is 6.14. The monoisotopic (exact) mass is 267 g/mol. The molecule has 100 valence electrons. The Morgan fingerprint density at radius 3 is 2.67 bits per heavy atom. The minimum absolute atomic E-state index is 0.873. The van der Waals surface area contributed by atoms with Crippen molar-refractivity contribution < 1.29 is 4.74 Å². The standard InChI is InChI=1S/C13H21N3OS/c1-2-4-16(5-3-1)13-14-10-12(18-13)11-15-6-8-17-9-7-15/h10H,1-9,11H2. The maximum Gasteiger partial charge on any atom is 0.185 e. The van der Waals surface area contributed by atoms with Crippen LogP contribution in [0.1, 0.15) is 24.1 Å². The van der Waals surface area contributed by atoms with E-state index in [1.165, 1.54) is 42.4 Å². The predicted octanol–water partition coefficient (Wildman–Crippen LogP) is 1.97. The lowest BCUT2D eigenvalue weighted by molar-refractivity contribution is 0.0346. The Labute approximate surface area is 113 Å². The zero-order valence-electron chi connectivity index (χ0n) is 10.8. The Hall–Kier alpha value is -0.650. The quantitative estimate of drug-likeness (QED) is 0.837. The Morgan fingerprint density at radius 2 is 1.89 bits per heavy atom. The Bertz CT molecular complexity index is 370. The van der Waals surface area contributed by atoms with Gasteiger partial charge in [-0.1, -0.05) is 0 Å². The number of anilines is 1. The molecule has 0 aliphatic carbocycles. The van der Waals surface area contributed by atoms with Crippen LogP contribution >= 0.6 is 11.3 Å². The van der Waals surface area contributed by atoms with Gasteiger partial charge in [0.05, 0.1) is 13.2 Å². The highest BCUT2D eigenvalue weighted by Gasteiger charge is 2.16. The summed E-state index contributed by atoms with van der Waals surface area (Å²) in [6.45, 7) is 7.26. The predicted molar refractivity (Wildman–Crippen MR) is 74.3 cm³/mol. The molecule has 0 N–H and O–H groups in total. The molecule has 0 saturated carbocycles. The van der Waals surface area contributed by atoms with Gasteiger partial charge in [-0.25, -0.2) is 4.98 Å². The van der Waals surface area contributed by atoms with Gasteiger partial charge in [0, 0.05) is 43.8 Å². The molecule has 1 aromatic rings. The maximum atomic E-state index is 5.38. The highest BCUT2D eigenvalue weighted by molar-refractivity contribution is 7.15. The fraction of sp³-hybridized carbons (Fsp3) is 0.769. The molecule has 0 amide bonds. The summed E-state index contributed by atoms with van der Waals surface area (Å²) in [5, 5.41) is 1.22. The molecule has 0 unspecified atom stereocenters. The van der Waals surface area contributed by atoms with Crippen molar-refractivity contribution in [3.05, 3.63) is 11.1 Å². The molecule has 0 atom stereocenters. The number of aromatic nitrogens is 1. The molecule has 0 aromatic carbocycles. The van der Waals surface area contributed by atoms with Gasteiger partial charge >= 0.3 is 0 Å². The van der Waals surface area contributed by atoms with Crippen molar-refractivity contribution in [2.24, 2.45) is 0 Å². The van der Waals surface area contributed by atoms with Gasteiger partial charge in [0.2, 0.25) is 0 Å². The van der Waals surface area contributed by atoms with Crippen LogP contribution < -0.4 is 4.90 Å².